The quantitative estimate of drug-likeness (QED) is 0.855. The molecule has 2 aromatic carbocycles. The van der Waals surface area contributed by atoms with Gasteiger partial charge in [0.05, 0.1) is 18.5 Å². The molecule has 122 valence electrons. The van der Waals surface area contributed by atoms with Crippen LogP contribution in [0.2, 0.25) is 0 Å². The van der Waals surface area contributed by atoms with Crippen molar-refractivity contribution in [2.45, 2.75) is 0 Å². The average Bonchev–Trinajstić information content (AvgIpc) is 2.48. The number of benzene rings is 2. The molecule has 23 heavy (non-hydrogen) atoms. The van der Waals surface area contributed by atoms with E-state index in [0.717, 1.165) is 0 Å². The van der Waals surface area contributed by atoms with Crippen LogP contribution < -0.4 is 24.7 Å². The van der Waals surface area contributed by atoms with Crippen LogP contribution in [0.1, 0.15) is 0 Å². The van der Waals surface area contributed by atoms with E-state index in [0.29, 0.717) is 17.1 Å². The number of ether oxygens (including phenoxy) is 1. The molecule has 0 aliphatic heterocycles. The SMILES string of the molecule is COc1ccc(N(C(N)=O)c2ccc(OS(N)(=O)=O)cc2)cc1. The van der Waals surface area contributed by atoms with Crippen LogP contribution in [0.4, 0.5) is 16.2 Å². The fraction of sp³-hybridized carbons (Fsp3) is 0.0714. The molecule has 0 fully saturated rings. The lowest BCUT2D eigenvalue weighted by atomic mass is 10.2. The van der Waals surface area contributed by atoms with Crippen molar-refractivity contribution in [3.8, 4) is 11.5 Å². The third-order valence-electron chi connectivity index (χ3n) is 2.86. The molecule has 0 saturated carbocycles. The smallest absolute Gasteiger partial charge is 0.380 e. The first-order valence-corrected chi connectivity index (χ1v) is 7.83. The minimum absolute atomic E-state index is 0.0235. The standard InChI is InChI=1S/C14H15N3O5S/c1-21-12-6-2-10(3-7-12)17(14(15)18)11-4-8-13(9-5-11)22-23(16,19)20/h2-9H,1H3,(H2,15,18)(H2,16,19,20). The normalized spacial score (nSPS) is 10.9. The van der Waals surface area contributed by atoms with E-state index in [4.69, 9.17) is 15.6 Å². The number of rotatable bonds is 5. The van der Waals surface area contributed by atoms with Crippen LogP contribution >= 0.6 is 0 Å². The first-order valence-electron chi connectivity index (χ1n) is 6.36. The molecule has 0 atom stereocenters. The highest BCUT2D eigenvalue weighted by molar-refractivity contribution is 7.84. The average molecular weight is 337 g/mol. The molecule has 0 unspecified atom stereocenters. The van der Waals surface area contributed by atoms with Crippen LogP contribution in [-0.2, 0) is 10.3 Å². The van der Waals surface area contributed by atoms with Crippen LogP contribution in [0.5, 0.6) is 11.5 Å². The minimum atomic E-state index is -4.11. The van der Waals surface area contributed by atoms with E-state index in [-0.39, 0.29) is 5.75 Å². The van der Waals surface area contributed by atoms with Gasteiger partial charge in [-0.05, 0) is 48.5 Å². The van der Waals surface area contributed by atoms with E-state index in [1.807, 2.05) is 0 Å². The van der Waals surface area contributed by atoms with Crippen molar-refractivity contribution < 1.29 is 22.1 Å². The summed E-state index contributed by atoms with van der Waals surface area (Å²) in [5.41, 5.74) is 6.38. The number of amides is 2. The molecule has 9 heteroatoms. The number of nitrogens with two attached hydrogens (primary N) is 2. The Hall–Kier alpha value is -2.78. The Bertz CT molecular complexity index is 788. The molecule has 2 rings (SSSR count). The topological polar surface area (TPSA) is 125 Å². The zero-order valence-corrected chi connectivity index (χ0v) is 13.0. The van der Waals surface area contributed by atoms with Gasteiger partial charge in [-0.25, -0.2) is 4.79 Å². The van der Waals surface area contributed by atoms with Crippen molar-refractivity contribution in [1.29, 1.82) is 0 Å². The fourth-order valence-electron chi connectivity index (χ4n) is 1.92. The van der Waals surface area contributed by atoms with Crippen molar-refractivity contribution in [2.75, 3.05) is 12.0 Å². The van der Waals surface area contributed by atoms with Gasteiger partial charge in [-0.2, -0.15) is 13.6 Å². The van der Waals surface area contributed by atoms with Crippen LogP contribution in [-0.4, -0.2) is 21.6 Å². The van der Waals surface area contributed by atoms with Gasteiger partial charge in [0.1, 0.15) is 11.5 Å². The largest absolute Gasteiger partial charge is 0.497 e. The number of nitrogens with zero attached hydrogens (tertiary/aromatic N) is 1. The number of urea groups is 1. The fourth-order valence-corrected chi connectivity index (χ4v) is 2.30. The van der Waals surface area contributed by atoms with E-state index < -0.39 is 16.3 Å². The van der Waals surface area contributed by atoms with Gasteiger partial charge in [-0.15, -0.1) is 0 Å². The lowest BCUT2D eigenvalue weighted by Gasteiger charge is -2.21. The van der Waals surface area contributed by atoms with E-state index in [1.54, 1.807) is 24.3 Å². The van der Waals surface area contributed by atoms with Gasteiger partial charge < -0.3 is 14.7 Å². The summed E-state index contributed by atoms with van der Waals surface area (Å²) >= 11 is 0. The first-order chi connectivity index (χ1) is 10.8. The van der Waals surface area contributed by atoms with Crippen LogP contribution in [0.3, 0.4) is 0 Å². The number of hydrogen-bond donors (Lipinski definition) is 2. The Morgan fingerprint density at radius 2 is 1.39 bits per heavy atom. The highest BCUT2D eigenvalue weighted by Gasteiger charge is 2.15. The van der Waals surface area contributed by atoms with Gasteiger partial charge in [0, 0.05) is 0 Å². The summed E-state index contributed by atoms with van der Waals surface area (Å²) in [6, 6.07) is 11.7. The van der Waals surface area contributed by atoms with Crippen molar-refractivity contribution in [2.24, 2.45) is 10.9 Å². The Kier molecular flexibility index (Phi) is 4.72. The van der Waals surface area contributed by atoms with E-state index in [9.17, 15) is 13.2 Å². The molecule has 8 nitrogen and oxygen atoms in total. The van der Waals surface area contributed by atoms with Gasteiger partial charge in [-0.1, -0.05) is 0 Å². The zero-order valence-electron chi connectivity index (χ0n) is 12.2. The second-order valence-corrected chi connectivity index (χ2v) is 5.59. The van der Waals surface area contributed by atoms with Crippen LogP contribution in [0.15, 0.2) is 48.5 Å². The van der Waals surface area contributed by atoms with Crippen molar-refractivity contribution >= 4 is 27.7 Å². The number of hydrogen-bond acceptors (Lipinski definition) is 5. The molecule has 0 spiro atoms. The summed E-state index contributed by atoms with van der Waals surface area (Å²) in [5.74, 6) is 0.658. The number of methoxy groups -OCH3 is 1. The van der Waals surface area contributed by atoms with E-state index >= 15 is 0 Å². The van der Waals surface area contributed by atoms with Gasteiger partial charge in [0.25, 0.3) is 0 Å². The predicted molar refractivity (Wildman–Crippen MR) is 84.9 cm³/mol. The monoisotopic (exact) mass is 337 g/mol. The summed E-state index contributed by atoms with van der Waals surface area (Å²) < 4.78 is 31.3. The number of carbonyl (C=O) groups is 1. The number of carbonyl (C=O) groups excluding carboxylic acids is 1. The van der Waals surface area contributed by atoms with Crippen LogP contribution in [0, 0.1) is 0 Å². The first kappa shape index (κ1) is 16.6. The Morgan fingerprint density at radius 1 is 0.957 bits per heavy atom. The summed E-state index contributed by atoms with van der Waals surface area (Å²) in [5, 5.41) is 4.79. The van der Waals surface area contributed by atoms with Crippen molar-refractivity contribution in [1.82, 2.24) is 0 Å². The summed E-state index contributed by atoms with van der Waals surface area (Å²) in [4.78, 5) is 13.0. The molecule has 0 aliphatic carbocycles. The van der Waals surface area contributed by atoms with Gasteiger partial charge >= 0.3 is 16.3 Å². The van der Waals surface area contributed by atoms with E-state index in [1.165, 1.54) is 36.3 Å². The zero-order chi connectivity index (χ0) is 17.0. The molecular formula is C14H15N3O5S. The molecule has 2 aromatic rings. The third-order valence-corrected chi connectivity index (χ3v) is 3.28. The third kappa shape index (κ3) is 4.34. The number of anilines is 2. The maximum atomic E-state index is 11.7. The van der Waals surface area contributed by atoms with Gasteiger partial charge in [0.15, 0.2) is 0 Å². The second kappa shape index (κ2) is 6.55. The molecule has 0 aromatic heterocycles. The Morgan fingerprint density at radius 3 is 1.74 bits per heavy atom. The maximum absolute atomic E-state index is 11.7. The molecule has 2 amide bonds. The lowest BCUT2D eigenvalue weighted by molar-refractivity contribution is 0.256. The predicted octanol–water partition coefficient (Wildman–Crippen LogP) is 1.49. The summed E-state index contributed by atoms with van der Waals surface area (Å²) in [6.07, 6.45) is 0. The van der Waals surface area contributed by atoms with Crippen LogP contribution in [0.25, 0.3) is 0 Å². The molecule has 0 bridgehead atoms. The minimum Gasteiger partial charge on any atom is -0.497 e. The highest BCUT2D eigenvalue weighted by Crippen LogP contribution is 2.28. The molecule has 4 N–H and O–H groups in total. The molecule has 0 heterocycles. The van der Waals surface area contributed by atoms with Gasteiger partial charge in [0.2, 0.25) is 0 Å². The summed E-state index contributed by atoms with van der Waals surface area (Å²) in [6.45, 7) is 0. The number of primary amides is 1. The Labute approximate surface area is 133 Å². The van der Waals surface area contributed by atoms with Crippen molar-refractivity contribution in [3.05, 3.63) is 48.5 Å². The summed E-state index contributed by atoms with van der Waals surface area (Å²) in [7, 11) is -2.57. The van der Waals surface area contributed by atoms with Gasteiger partial charge in [-0.3, -0.25) is 4.90 Å². The van der Waals surface area contributed by atoms with E-state index in [2.05, 4.69) is 4.18 Å². The van der Waals surface area contributed by atoms with Crippen molar-refractivity contribution in [3.63, 3.8) is 0 Å². The molecule has 0 aliphatic rings. The second-order valence-electron chi connectivity index (χ2n) is 4.44. The lowest BCUT2D eigenvalue weighted by Crippen LogP contribution is -2.31. The maximum Gasteiger partial charge on any atom is 0.380 e. The molecule has 0 radical (unpaired) electrons. The Balaban J connectivity index is 2.32. The molecular weight excluding hydrogens is 322 g/mol. The highest BCUT2D eigenvalue weighted by atomic mass is 32.2. The molecule has 0 saturated heterocycles.